The van der Waals surface area contributed by atoms with Crippen LogP contribution in [0.4, 0.5) is 0 Å². The van der Waals surface area contributed by atoms with Crippen LogP contribution in [0.15, 0.2) is 0 Å². The van der Waals surface area contributed by atoms with Crippen LogP contribution in [-0.2, 0) is 0 Å². The molecule has 0 aliphatic heterocycles. The molecule has 0 aromatic heterocycles. The summed E-state index contributed by atoms with van der Waals surface area (Å²) in [6, 6.07) is 0. The highest BCUT2D eigenvalue weighted by atomic mass is 14.6. The van der Waals surface area contributed by atoms with E-state index < -0.39 is 0 Å². The Morgan fingerprint density at radius 3 is 2.26 bits per heavy atom. The van der Waals surface area contributed by atoms with Crippen LogP contribution in [0.3, 0.4) is 0 Å². The van der Waals surface area contributed by atoms with Crippen molar-refractivity contribution in [3.05, 3.63) is 0 Å². The van der Waals surface area contributed by atoms with Crippen LogP contribution in [-0.4, -0.2) is 0 Å². The zero-order valence-corrected chi connectivity index (χ0v) is 13.8. The number of hydrogen-bond donors (Lipinski definition) is 0. The molecule has 3 aliphatic rings. The van der Waals surface area contributed by atoms with Crippen molar-refractivity contribution in [3.63, 3.8) is 0 Å². The first-order valence-electron chi connectivity index (χ1n) is 8.86. The van der Waals surface area contributed by atoms with E-state index in [0.717, 1.165) is 29.6 Å². The van der Waals surface area contributed by atoms with Gasteiger partial charge in [-0.05, 0) is 78.9 Å². The molecule has 0 nitrogen and oxygen atoms in total. The van der Waals surface area contributed by atoms with Crippen LogP contribution in [0.5, 0.6) is 0 Å². The lowest BCUT2D eigenvalue weighted by molar-refractivity contribution is -0.0668. The van der Waals surface area contributed by atoms with Gasteiger partial charge in [0.15, 0.2) is 0 Å². The average molecular weight is 262 g/mol. The summed E-state index contributed by atoms with van der Waals surface area (Å²) in [4.78, 5) is 0. The van der Waals surface area contributed by atoms with Crippen molar-refractivity contribution in [3.8, 4) is 0 Å². The summed E-state index contributed by atoms with van der Waals surface area (Å²) < 4.78 is 0. The zero-order chi connectivity index (χ0) is 13.8. The molecule has 0 aromatic carbocycles. The third-order valence-corrected chi connectivity index (χ3v) is 7.68. The van der Waals surface area contributed by atoms with Gasteiger partial charge in [0.1, 0.15) is 0 Å². The summed E-state index contributed by atoms with van der Waals surface area (Å²) in [5.41, 5.74) is 1.31. The molecule has 3 rings (SSSR count). The molecule has 0 bridgehead atoms. The highest BCUT2D eigenvalue weighted by Crippen LogP contribution is 2.65. The standard InChI is InChI=1S/C19H34/c1-13(2)15-8-9-17-14-7-6-11-18(3,4)16(14)10-12-19(15,17)5/h13-17H,6-12H2,1-5H3. The first-order valence-corrected chi connectivity index (χ1v) is 8.86. The molecule has 0 spiro atoms. The summed E-state index contributed by atoms with van der Waals surface area (Å²) >= 11 is 0. The van der Waals surface area contributed by atoms with Crippen molar-refractivity contribution in [2.45, 2.75) is 79.6 Å². The van der Waals surface area contributed by atoms with E-state index in [1.54, 1.807) is 6.42 Å². The third-order valence-electron chi connectivity index (χ3n) is 7.68. The fraction of sp³-hybridized carbons (Fsp3) is 1.00. The highest BCUT2D eigenvalue weighted by Gasteiger charge is 2.56. The lowest BCUT2D eigenvalue weighted by atomic mass is 9.49. The van der Waals surface area contributed by atoms with Crippen LogP contribution in [0.2, 0.25) is 0 Å². The quantitative estimate of drug-likeness (QED) is 0.551. The Bertz CT molecular complexity index is 340. The molecule has 5 atom stereocenters. The minimum absolute atomic E-state index is 0.625. The Morgan fingerprint density at radius 2 is 1.58 bits per heavy atom. The second kappa shape index (κ2) is 4.50. The predicted octanol–water partition coefficient (Wildman–Crippen LogP) is 5.91. The molecular formula is C19H34. The summed E-state index contributed by atoms with van der Waals surface area (Å²) in [6.45, 7) is 12.7. The van der Waals surface area contributed by atoms with Gasteiger partial charge >= 0.3 is 0 Å². The molecule has 0 amide bonds. The first kappa shape index (κ1) is 14.0. The monoisotopic (exact) mass is 262 g/mol. The predicted molar refractivity (Wildman–Crippen MR) is 83.0 cm³/mol. The van der Waals surface area contributed by atoms with E-state index in [1.165, 1.54) is 38.5 Å². The molecule has 19 heavy (non-hydrogen) atoms. The minimum Gasteiger partial charge on any atom is -0.0625 e. The van der Waals surface area contributed by atoms with Gasteiger partial charge < -0.3 is 0 Å². The second-order valence-electron chi connectivity index (χ2n) is 9.23. The Labute approximate surface area is 120 Å². The Hall–Kier alpha value is 0. The van der Waals surface area contributed by atoms with Gasteiger partial charge in [-0.1, -0.05) is 41.0 Å². The molecule has 3 fully saturated rings. The van der Waals surface area contributed by atoms with Gasteiger partial charge in [-0.2, -0.15) is 0 Å². The van der Waals surface area contributed by atoms with Gasteiger partial charge in [0.05, 0.1) is 0 Å². The molecule has 0 heterocycles. The van der Waals surface area contributed by atoms with Crippen LogP contribution >= 0.6 is 0 Å². The summed E-state index contributed by atoms with van der Waals surface area (Å²) in [5, 5.41) is 0. The van der Waals surface area contributed by atoms with Crippen molar-refractivity contribution in [1.82, 2.24) is 0 Å². The van der Waals surface area contributed by atoms with E-state index in [1.807, 2.05) is 0 Å². The molecule has 5 unspecified atom stereocenters. The van der Waals surface area contributed by atoms with Gasteiger partial charge in [0.2, 0.25) is 0 Å². The third kappa shape index (κ3) is 2.00. The van der Waals surface area contributed by atoms with Gasteiger partial charge in [-0.15, -0.1) is 0 Å². The smallest absolute Gasteiger partial charge is 0.0264 e. The summed E-state index contributed by atoms with van der Waals surface area (Å²) in [7, 11) is 0. The van der Waals surface area contributed by atoms with E-state index in [0.29, 0.717) is 10.8 Å². The lowest BCUT2D eigenvalue weighted by Crippen LogP contribution is -2.48. The highest BCUT2D eigenvalue weighted by molar-refractivity contribution is 5.06. The Kier molecular flexibility index (Phi) is 3.31. The molecule has 110 valence electrons. The normalized spacial score (nSPS) is 48.9. The van der Waals surface area contributed by atoms with Gasteiger partial charge in [0, 0.05) is 0 Å². The maximum atomic E-state index is 2.66. The molecule has 0 heteroatoms. The van der Waals surface area contributed by atoms with Crippen LogP contribution in [0, 0.1) is 40.4 Å². The zero-order valence-electron chi connectivity index (χ0n) is 13.8. The van der Waals surface area contributed by atoms with Crippen molar-refractivity contribution in [1.29, 1.82) is 0 Å². The van der Waals surface area contributed by atoms with Gasteiger partial charge in [-0.3, -0.25) is 0 Å². The van der Waals surface area contributed by atoms with E-state index >= 15 is 0 Å². The Balaban J connectivity index is 1.87. The number of fused-ring (bicyclic) bond motifs is 3. The van der Waals surface area contributed by atoms with E-state index in [4.69, 9.17) is 0 Å². The molecule has 0 saturated heterocycles. The molecule has 0 N–H and O–H groups in total. The van der Waals surface area contributed by atoms with Gasteiger partial charge in [0.25, 0.3) is 0 Å². The summed E-state index contributed by atoms with van der Waals surface area (Å²) in [5.74, 6) is 5.04. The number of rotatable bonds is 1. The lowest BCUT2D eigenvalue weighted by Gasteiger charge is -2.56. The van der Waals surface area contributed by atoms with Crippen LogP contribution in [0.25, 0.3) is 0 Å². The SMILES string of the molecule is CC(C)C1CCC2C3CCCC(C)(C)C3CCC12C. The molecule has 3 aliphatic carbocycles. The fourth-order valence-corrected chi connectivity index (χ4v) is 6.77. The second-order valence-corrected chi connectivity index (χ2v) is 9.23. The summed E-state index contributed by atoms with van der Waals surface area (Å²) in [6.07, 6.45) is 10.6. The van der Waals surface area contributed by atoms with Gasteiger partial charge in [-0.25, -0.2) is 0 Å². The molecule has 0 radical (unpaired) electrons. The van der Waals surface area contributed by atoms with Crippen molar-refractivity contribution < 1.29 is 0 Å². The number of hydrogen-bond acceptors (Lipinski definition) is 0. The largest absolute Gasteiger partial charge is 0.0625 e. The van der Waals surface area contributed by atoms with E-state index in [9.17, 15) is 0 Å². The van der Waals surface area contributed by atoms with E-state index in [2.05, 4.69) is 34.6 Å². The van der Waals surface area contributed by atoms with Crippen molar-refractivity contribution in [2.75, 3.05) is 0 Å². The molecular weight excluding hydrogens is 228 g/mol. The van der Waals surface area contributed by atoms with Crippen molar-refractivity contribution in [2.24, 2.45) is 40.4 Å². The fourth-order valence-electron chi connectivity index (χ4n) is 6.77. The van der Waals surface area contributed by atoms with Crippen LogP contribution in [0.1, 0.15) is 79.6 Å². The maximum absolute atomic E-state index is 2.66. The Morgan fingerprint density at radius 1 is 0.842 bits per heavy atom. The van der Waals surface area contributed by atoms with E-state index in [-0.39, 0.29) is 0 Å². The van der Waals surface area contributed by atoms with Crippen molar-refractivity contribution >= 4 is 0 Å². The first-order chi connectivity index (χ1) is 8.86. The molecule has 0 aromatic rings. The minimum atomic E-state index is 0.625. The van der Waals surface area contributed by atoms with Crippen LogP contribution < -0.4 is 0 Å². The topological polar surface area (TPSA) is 0 Å². The average Bonchev–Trinajstić information content (AvgIpc) is 2.66. The maximum Gasteiger partial charge on any atom is -0.0264 e. The molecule has 3 saturated carbocycles.